The third kappa shape index (κ3) is 2.96. The second-order valence-corrected chi connectivity index (χ2v) is 4.52. The highest BCUT2D eigenvalue weighted by Gasteiger charge is 2.30. The largest absolute Gasteiger partial charge is 0.394 e. The van der Waals surface area contributed by atoms with Crippen molar-refractivity contribution < 1.29 is 9.90 Å². The van der Waals surface area contributed by atoms with E-state index in [1.807, 2.05) is 20.8 Å². The van der Waals surface area contributed by atoms with Gasteiger partial charge in [-0.2, -0.15) is 0 Å². The smallest absolute Gasteiger partial charge is 0.227 e. The Balaban J connectivity index is 4.55. The van der Waals surface area contributed by atoms with Crippen LogP contribution < -0.4 is 5.73 Å². The summed E-state index contributed by atoms with van der Waals surface area (Å²) in [5.41, 5.74) is 5.12. The molecule has 4 nitrogen and oxygen atoms in total. The molecular formula is C10H22N2O2. The molecule has 0 heterocycles. The fourth-order valence-electron chi connectivity index (χ4n) is 0.935. The fraction of sp³-hybridized carbons (Fsp3) is 0.900. The minimum atomic E-state index is -0.528. The minimum Gasteiger partial charge on any atom is -0.394 e. The van der Waals surface area contributed by atoms with E-state index in [1.54, 1.807) is 18.9 Å². The van der Waals surface area contributed by atoms with E-state index in [0.29, 0.717) is 0 Å². The third-order valence-corrected chi connectivity index (χ3v) is 2.80. The zero-order valence-electron chi connectivity index (χ0n) is 9.74. The Morgan fingerprint density at radius 2 is 1.93 bits per heavy atom. The zero-order chi connectivity index (χ0) is 11.5. The molecule has 4 heteroatoms. The van der Waals surface area contributed by atoms with Crippen molar-refractivity contribution in [2.45, 2.75) is 39.3 Å². The summed E-state index contributed by atoms with van der Waals surface area (Å²) in [7, 11) is 1.69. The first-order valence-electron chi connectivity index (χ1n) is 4.88. The number of likely N-dealkylation sites (N-methyl/N-ethyl adjacent to an activating group) is 1. The van der Waals surface area contributed by atoms with Gasteiger partial charge in [0, 0.05) is 13.1 Å². The number of hydrogen-bond acceptors (Lipinski definition) is 3. The summed E-state index contributed by atoms with van der Waals surface area (Å²) in [6.07, 6.45) is 0. The fourth-order valence-corrected chi connectivity index (χ4v) is 0.935. The Morgan fingerprint density at radius 1 is 1.50 bits per heavy atom. The van der Waals surface area contributed by atoms with E-state index in [0.717, 1.165) is 0 Å². The molecule has 0 bridgehead atoms. The third-order valence-electron chi connectivity index (χ3n) is 2.80. The number of aliphatic hydroxyl groups excluding tert-OH is 1. The number of nitrogens with zero attached hydrogens (tertiary/aromatic N) is 1. The summed E-state index contributed by atoms with van der Waals surface area (Å²) in [6, 6.07) is -0.167. The van der Waals surface area contributed by atoms with Crippen LogP contribution in [0.3, 0.4) is 0 Å². The summed E-state index contributed by atoms with van der Waals surface area (Å²) >= 11 is 0. The van der Waals surface area contributed by atoms with Gasteiger partial charge >= 0.3 is 0 Å². The molecule has 14 heavy (non-hydrogen) atoms. The number of carbonyl (C=O) groups is 1. The first-order valence-corrected chi connectivity index (χ1v) is 4.88. The van der Waals surface area contributed by atoms with E-state index in [1.165, 1.54) is 0 Å². The zero-order valence-corrected chi connectivity index (χ0v) is 9.74. The lowest BCUT2D eigenvalue weighted by atomic mass is 9.98. The summed E-state index contributed by atoms with van der Waals surface area (Å²) in [6.45, 7) is 7.19. The van der Waals surface area contributed by atoms with Crippen LogP contribution in [0.15, 0.2) is 0 Å². The molecule has 84 valence electrons. The van der Waals surface area contributed by atoms with E-state index < -0.39 is 5.54 Å². The molecule has 0 aromatic heterocycles. The molecule has 2 unspecified atom stereocenters. The maximum absolute atomic E-state index is 11.8. The van der Waals surface area contributed by atoms with Crippen LogP contribution in [0.4, 0.5) is 0 Å². The van der Waals surface area contributed by atoms with E-state index >= 15 is 0 Å². The second kappa shape index (κ2) is 4.75. The minimum absolute atomic E-state index is 0.0287. The van der Waals surface area contributed by atoms with E-state index in [-0.39, 0.29) is 24.5 Å². The lowest BCUT2D eigenvalue weighted by Crippen LogP contribution is -2.51. The average Bonchev–Trinajstić information content (AvgIpc) is 2.14. The van der Waals surface area contributed by atoms with Gasteiger partial charge in [0.05, 0.1) is 18.1 Å². The Kier molecular flexibility index (Phi) is 4.55. The van der Waals surface area contributed by atoms with Gasteiger partial charge < -0.3 is 15.7 Å². The maximum Gasteiger partial charge on any atom is 0.227 e. The van der Waals surface area contributed by atoms with Gasteiger partial charge in [0.25, 0.3) is 0 Å². The molecule has 3 N–H and O–H groups in total. The number of carbonyl (C=O) groups excluding carboxylic acids is 1. The maximum atomic E-state index is 11.8. The Morgan fingerprint density at radius 3 is 2.21 bits per heavy atom. The number of nitrogens with two attached hydrogens (primary N) is 1. The predicted octanol–water partition coefficient (Wildman–Crippen LogP) is 0.199. The van der Waals surface area contributed by atoms with E-state index in [9.17, 15) is 4.79 Å². The normalized spacial score (nSPS) is 16.2. The van der Waals surface area contributed by atoms with Gasteiger partial charge in [-0.15, -0.1) is 0 Å². The molecule has 0 rings (SSSR count). The van der Waals surface area contributed by atoms with Crippen LogP contribution in [-0.2, 0) is 4.79 Å². The van der Waals surface area contributed by atoms with Gasteiger partial charge in [0.2, 0.25) is 5.91 Å². The Hall–Kier alpha value is -0.610. The molecule has 0 aromatic carbocycles. The van der Waals surface area contributed by atoms with Crippen molar-refractivity contribution in [1.82, 2.24) is 4.90 Å². The van der Waals surface area contributed by atoms with Crippen LogP contribution in [0.25, 0.3) is 0 Å². The van der Waals surface area contributed by atoms with Gasteiger partial charge in [-0.25, -0.2) is 0 Å². The Labute approximate surface area is 86.1 Å². The second-order valence-electron chi connectivity index (χ2n) is 4.52. The molecule has 0 fully saturated rings. The van der Waals surface area contributed by atoms with Crippen molar-refractivity contribution in [2.24, 2.45) is 11.7 Å². The van der Waals surface area contributed by atoms with Crippen LogP contribution in [0.1, 0.15) is 27.7 Å². The van der Waals surface area contributed by atoms with Crippen LogP contribution in [0.5, 0.6) is 0 Å². The van der Waals surface area contributed by atoms with Crippen molar-refractivity contribution in [3.05, 3.63) is 0 Å². The van der Waals surface area contributed by atoms with Crippen LogP contribution >= 0.6 is 0 Å². The molecule has 0 aromatic rings. The van der Waals surface area contributed by atoms with Gasteiger partial charge in [0.15, 0.2) is 0 Å². The van der Waals surface area contributed by atoms with Crippen molar-refractivity contribution in [2.75, 3.05) is 13.7 Å². The summed E-state index contributed by atoms with van der Waals surface area (Å²) in [5.74, 6) is -0.245. The standard InChI is InChI=1S/C10H22N2O2/c1-7(8(2)11)9(14)12(5)10(3,4)6-13/h7-8,13H,6,11H2,1-5H3. The SMILES string of the molecule is CC(N)C(C)C(=O)N(C)C(C)(C)CO. The molecule has 0 aliphatic heterocycles. The van der Waals surface area contributed by atoms with Crippen molar-refractivity contribution in [3.8, 4) is 0 Å². The summed E-state index contributed by atoms with van der Waals surface area (Å²) in [5, 5.41) is 9.11. The highest BCUT2D eigenvalue weighted by molar-refractivity contribution is 5.79. The van der Waals surface area contributed by atoms with Crippen LogP contribution in [0, 0.1) is 5.92 Å². The molecule has 2 atom stereocenters. The van der Waals surface area contributed by atoms with Crippen molar-refractivity contribution in [3.63, 3.8) is 0 Å². The Bertz CT molecular complexity index is 202. The molecule has 0 spiro atoms. The molecule has 0 saturated heterocycles. The van der Waals surface area contributed by atoms with Crippen LogP contribution in [-0.4, -0.2) is 41.1 Å². The molecule has 1 amide bonds. The molecular weight excluding hydrogens is 180 g/mol. The van der Waals surface area contributed by atoms with Crippen LogP contribution in [0.2, 0.25) is 0 Å². The topological polar surface area (TPSA) is 66.6 Å². The number of rotatable bonds is 4. The predicted molar refractivity (Wildman–Crippen MR) is 56.7 cm³/mol. The van der Waals surface area contributed by atoms with Gasteiger partial charge in [-0.3, -0.25) is 4.79 Å². The first-order chi connectivity index (χ1) is 6.24. The highest BCUT2D eigenvalue weighted by atomic mass is 16.3. The summed E-state index contributed by atoms with van der Waals surface area (Å²) < 4.78 is 0. The average molecular weight is 202 g/mol. The summed E-state index contributed by atoms with van der Waals surface area (Å²) in [4.78, 5) is 13.4. The monoisotopic (exact) mass is 202 g/mol. The lowest BCUT2D eigenvalue weighted by Gasteiger charge is -2.36. The lowest BCUT2D eigenvalue weighted by molar-refractivity contribution is -0.140. The van der Waals surface area contributed by atoms with E-state index in [4.69, 9.17) is 10.8 Å². The number of aliphatic hydroxyl groups is 1. The van der Waals surface area contributed by atoms with E-state index in [2.05, 4.69) is 0 Å². The van der Waals surface area contributed by atoms with Gasteiger partial charge in [-0.1, -0.05) is 6.92 Å². The van der Waals surface area contributed by atoms with Crippen molar-refractivity contribution in [1.29, 1.82) is 0 Å². The molecule has 0 radical (unpaired) electrons. The number of amides is 1. The molecule has 0 aliphatic rings. The van der Waals surface area contributed by atoms with Gasteiger partial charge in [-0.05, 0) is 20.8 Å². The highest BCUT2D eigenvalue weighted by Crippen LogP contribution is 2.15. The van der Waals surface area contributed by atoms with Crippen molar-refractivity contribution >= 4 is 5.91 Å². The van der Waals surface area contributed by atoms with Gasteiger partial charge in [0.1, 0.15) is 0 Å². The molecule has 0 saturated carbocycles. The number of hydrogen-bond donors (Lipinski definition) is 2. The quantitative estimate of drug-likeness (QED) is 0.684. The molecule has 0 aliphatic carbocycles. The first kappa shape index (κ1) is 13.4.